The van der Waals surface area contributed by atoms with Crippen LogP contribution in [0.25, 0.3) is 42.2 Å². The van der Waals surface area contributed by atoms with Gasteiger partial charge in [-0.15, -0.1) is 0 Å². The minimum atomic E-state index is -0.734. The third kappa shape index (κ3) is 4.15. The summed E-state index contributed by atoms with van der Waals surface area (Å²) in [7, 11) is 1.80. The molecule has 0 bridgehead atoms. The van der Waals surface area contributed by atoms with Gasteiger partial charge in [0, 0.05) is 0 Å². The molecule has 2 aromatic heterocycles. The molecule has 1 aliphatic carbocycles. The number of carbonyl (C=O) groups excluding carboxylic acids is 1. The van der Waals surface area contributed by atoms with Crippen molar-refractivity contribution in [3.8, 4) is 5.75 Å². The van der Waals surface area contributed by atoms with E-state index in [0.717, 1.165) is 61.3 Å². The average Bonchev–Trinajstić information content (AvgIpc) is 3.34. The zero-order valence-corrected chi connectivity index (χ0v) is 25.1. The number of halogens is 1. The number of benzene rings is 4. The Balaban J connectivity index is 1.27. The van der Waals surface area contributed by atoms with E-state index in [9.17, 15) is 9.59 Å². The molecule has 1 fully saturated rings. The van der Waals surface area contributed by atoms with Crippen molar-refractivity contribution in [1.29, 1.82) is 0 Å². The Labute approximate surface area is 244 Å². The number of carbonyl (C=O) groups is 1. The van der Waals surface area contributed by atoms with Crippen molar-refractivity contribution in [2.75, 3.05) is 7.11 Å². The summed E-state index contributed by atoms with van der Waals surface area (Å²) in [5.74, 6) is -0.359. The Morgan fingerprint density at radius 1 is 0.875 bits per heavy atom. The van der Waals surface area contributed by atoms with Crippen molar-refractivity contribution in [3.63, 3.8) is 0 Å². The molecule has 0 N–H and O–H groups in total. The van der Waals surface area contributed by atoms with Crippen LogP contribution in [0.15, 0.2) is 86.5 Å². The predicted octanol–water partition coefficient (Wildman–Crippen LogP) is 8.10. The van der Waals surface area contributed by atoms with E-state index in [0.29, 0.717) is 16.7 Å². The summed E-state index contributed by atoms with van der Waals surface area (Å²) in [6, 6.07) is 23.2. The molecule has 1 aliphatic rings. The van der Waals surface area contributed by atoms with Crippen molar-refractivity contribution in [3.05, 3.63) is 97.7 Å². The second-order valence-corrected chi connectivity index (χ2v) is 13.3. The number of hydrogen-bond acceptors (Lipinski definition) is 5. The van der Waals surface area contributed by atoms with Crippen LogP contribution >= 0.6 is 15.9 Å². The first-order valence-electron chi connectivity index (χ1n) is 13.4. The number of hydrogen-bond donors (Lipinski definition) is 0. The molecule has 0 saturated heterocycles. The monoisotopic (exact) mass is 660 g/mol. The van der Waals surface area contributed by atoms with Crippen LogP contribution in [-0.2, 0) is 10.3 Å². The Bertz CT molecular complexity index is 2020. The number of ether oxygens (including phenoxy) is 2. The molecular weight excluding hydrogens is 635 g/mol. The van der Waals surface area contributed by atoms with E-state index < -0.39 is 11.6 Å². The molecule has 0 spiro atoms. The second-order valence-electron chi connectivity index (χ2n) is 10.4. The summed E-state index contributed by atoms with van der Waals surface area (Å²) in [5, 5.41) is 5.93. The van der Waals surface area contributed by atoms with Crippen LogP contribution in [0.2, 0.25) is 0 Å². The summed E-state index contributed by atoms with van der Waals surface area (Å²) in [6.07, 6.45) is 5.48. The molecule has 0 amide bonds. The standard InChI is InChI=1S/C33H25BrO5Se/c1-37-33(15-5-2-6-16-33)30-27(34)24-14-12-21-17-26(32(36)39-28(21)29(24)40-30)31(35)38-22-13-11-20-10-9-19-7-3-4-8-23(19)25(20)18-22/h3-4,7-14,17-18H,2,5-6,15-16H2,1H3. The molecule has 7 rings (SSSR count). The molecule has 0 aliphatic heterocycles. The van der Waals surface area contributed by atoms with Gasteiger partial charge in [0.15, 0.2) is 0 Å². The quantitative estimate of drug-likeness (QED) is 0.0629. The number of esters is 1. The van der Waals surface area contributed by atoms with Crippen LogP contribution in [0.1, 0.15) is 46.9 Å². The molecular formula is C33H25BrO5Se. The number of rotatable bonds is 4. The fourth-order valence-corrected chi connectivity index (χ4v) is 10.4. The minimum absolute atomic E-state index is 0.0765. The first kappa shape index (κ1) is 25.7. The first-order valence-corrected chi connectivity index (χ1v) is 15.9. The molecule has 200 valence electrons. The molecule has 6 aromatic rings. The van der Waals surface area contributed by atoms with E-state index >= 15 is 0 Å². The van der Waals surface area contributed by atoms with Gasteiger partial charge < -0.3 is 0 Å². The van der Waals surface area contributed by atoms with Crippen molar-refractivity contribution >= 4 is 78.6 Å². The molecule has 0 unspecified atom stereocenters. The van der Waals surface area contributed by atoms with Gasteiger partial charge >= 0.3 is 221 Å². The van der Waals surface area contributed by atoms with Crippen LogP contribution in [0.4, 0.5) is 0 Å². The zero-order valence-electron chi connectivity index (χ0n) is 21.8. The van der Waals surface area contributed by atoms with E-state index in [1.54, 1.807) is 19.2 Å². The molecule has 0 radical (unpaired) electrons. The summed E-state index contributed by atoms with van der Waals surface area (Å²) < 4.78 is 21.0. The van der Waals surface area contributed by atoms with E-state index in [2.05, 4.69) is 22.0 Å². The van der Waals surface area contributed by atoms with E-state index in [1.165, 1.54) is 10.9 Å². The zero-order chi connectivity index (χ0) is 27.4. The Hall–Kier alpha value is -3.22. The van der Waals surface area contributed by atoms with Crippen molar-refractivity contribution in [2.24, 2.45) is 0 Å². The summed E-state index contributed by atoms with van der Waals surface area (Å²) in [6.45, 7) is 0. The van der Waals surface area contributed by atoms with Gasteiger partial charge in [-0.05, 0) is 0 Å². The first-order chi connectivity index (χ1) is 19.5. The number of methoxy groups -OCH3 is 1. The van der Waals surface area contributed by atoms with Crippen LogP contribution in [0.3, 0.4) is 0 Å². The third-order valence-corrected chi connectivity index (χ3v) is 12.4. The SMILES string of the molecule is COC1(c2[se]c3c(ccc4cc(C(=O)Oc5ccc6ccc7ccccc7c6c5)c(=O)oc43)c2Br)CCCCC1. The maximum atomic E-state index is 13.2. The van der Waals surface area contributed by atoms with E-state index in [4.69, 9.17) is 13.9 Å². The van der Waals surface area contributed by atoms with Crippen LogP contribution in [-0.4, -0.2) is 27.6 Å². The van der Waals surface area contributed by atoms with Crippen molar-refractivity contribution in [1.82, 2.24) is 0 Å². The van der Waals surface area contributed by atoms with E-state index in [-0.39, 0.29) is 25.7 Å². The van der Waals surface area contributed by atoms with Gasteiger partial charge in [0.25, 0.3) is 0 Å². The summed E-state index contributed by atoms with van der Waals surface area (Å²) >= 11 is 3.77. The molecule has 2 heterocycles. The Morgan fingerprint density at radius 2 is 1.60 bits per heavy atom. The van der Waals surface area contributed by atoms with Crippen LogP contribution < -0.4 is 10.4 Å². The van der Waals surface area contributed by atoms with Crippen LogP contribution in [0.5, 0.6) is 5.75 Å². The van der Waals surface area contributed by atoms with E-state index in [1.807, 2.05) is 54.6 Å². The molecule has 0 atom stereocenters. The van der Waals surface area contributed by atoms with Gasteiger partial charge in [0.05, 0.1) is 0 Å². The Kier molecular flexibility index (Phi) is 6.43. The molecule has 40 heavy (non-hydrogen) atoms. The van der Waals surface area contributed by atoms with Gasteiger partial charge in [-0.1, -0.05) is 24.3 Å². The second kappa shape index (κ2) is 10.0. The predicted molar refractivity (Wildman–Crippen MR) is 163 cm³/mol. The topological polar surface area (TPSA) is 65.7 Å². The summed E-state index contributed by atoms with van der Waals surface area (Å²) in [4.78, 5) is 26.3. The number of fused-ring (bicyclic) bond motifs is 6. The van der Waals surface area contributed by atoms with Gasteiger partial charge in [0.2, 0.25) is 0 Å². The molecule has 5 nitrogen and oxygen atoms in total. The van der Waals surface area contributed by atoms with Crippen molar-refractivity contribution < 1.29 is 18.7 Å². The fraction of sp³-hybridized carbons (Fsp3) is 0.212. The maximum absolute atomic E-state index is 13.2. The van der Waals surface area contributed by atoms with Gasteiger partial charge in [0.1, 0.15) is 0 Å². The third-order valence-electron chi connectivity index (χ3n) is 8.11. The van der Waals surface area contributed by atoms with Gasteiger partial charge in [-0.25, -0.2) is 0 Å². The normalized spacial score (nSPS) is 15.2. The average molecular weight is 660 g/mol. The van der Waals surface area contributed by atoms with Crippen LogP contribution in [0, 0.1) is 0 Å². The fourth-order valence-electron chi connectivity index (χ4n) is 5.99. The molecule has 7 heteroatoms. The van der Waals surface area contributed by atoms with Gasteiger partial charge in [-0.3, -0.25) is 0 Å². The Morgan fingerprint density at radius 3 is 2.40 bits per heavy atom. The van der Waals surface area contributed by atoms with Gasteiger partial charge in [-0.2, -0.15) is 0 Å². The summed E-state index contributed by atoms with van der Waals surface area (Å²) in [5.41, 5.74) is -0.566. The molecule has 4 aromatic carbocycles. The molecule has 1 saturated carbocycles. The van der Waals surface area contributed by atoms with Crippen molar-refractivity contribution in [2.45, 2.75) is 37.7 Å².